The van der Waals surface area contributed by atoms with Gasteiger partial charge in [-0.1, -0.05) is 41.9 Å². The minimum Gasteiger partial charge on any atom is -0.277 e. The molecule has 3 atom stereocenters. The average molecular weight is 371 g/mol. The van der Waals surface area contributed by atoms with Crippen molar-refractivity contribution in [1.29, 1.82) is 0 Å². The third-order valence-corrected chi connectivity index (χ3v) is 5.14. The van der Waals surface area contributed by atoms with E-state index in [1.54, 1.807) is 17.2 Å². The first-order valence-corrected chi connectivity index (χ1v) is 9.00. The van der Waals surface area contributed by atoms with Crippen LogP contribution in [0.3, 0.4) is 0 Å². The number of hydrogen-bond donors (Lipinski definition) is 0. The second kappa shape index (κ2) is 6.41. The van der Waals surface area contributed by atoms with Crippen molar-refractivity contribution in [3.63, 3.8) is 0 Å². The number of hydroxylamine groups is 1. The molecular formula is C20H19ClN2O3. The van der Waals surface area contributed by atoms with Gasteiger partial charge < -0.3 is 0 Å². The highest BCUT2D eigenvalue weighted by Crippen LogP contribution is 2.47. The van der Waals surface area contributed by atoms with Gasteiger partial charge in [0.05, 0.1) is 11.7 Å². The van der Waals surface area contributed by atoms with Gasteiger partial charge in [0, 0.05) is 11.1 Å². The normalized spacial score (nSPS) is 25.3. The highest BCUT2D eigenvalue weighted by Gasteiger charge is 2.60. The van der Waals surface area contributed by atoms with Crippen molar-refractivity contribution in [2.45, 2.75) is 32.0 Å². The lowest BCUT2D eigenvalue weighted by atomic mass is 9.90. The summed E-state index contributed by atoms with van der Waals surface area (Å²) in [6.45, 7) is 3.68. The van der Waals surface area contributed by atoms with E-state index in [1.807, 2.05) is 56.3 Å². The van der Waals surface area contributed by atoms with Crippen molar-refractivity contribution < 1.29 is 14.4 Å². The lowest BCUT2D eigenvalue weighted by molar-refractivity contribution is -0.145. The molecule has 2 aliphatic rings. The minimum atomic E-state index is -0.800. The second-order valence-corrected chi connectivity index (χ2v) is 7.29. The third kappa shape index (κ3) is 2.59. The molecule has 0 aromatic heterocycles. The van der Waals surface area contributed by atoms with E-state index >= 15 is 0 Å². The van der Waals surface area contributed by atoms with Crippen LogP contribution in [0.4, 0.5) is 5.69 Å². The molecule has 0 aliphatic carbocycles. The van der Waals surface area contributed by atoms with Crippen molar-refractivity contribution in [3.05, 3.63) is 65.2 Å². The van der Waals surface area contributed by atoms with Gasteiger partial charge in [-0.25, -0.2) is 5.06 Å². The van der Waals surface area contributed by atoms with E-state index in [0.717, 1.165) is 11.3 Å². The molecule has 2 heterocycles. The minimum absolute atomic E-state index is 0.180. The summed E-state index contributed by atoms with van der Waals surface area (Å²) < 4.78 is 0. The Morgan fingerprint density at radius 2 is 1.62 bits per heavy atom. The summed E-state index contributed by atoms with van der Waals surface area (Å²) in [7, 11) is 0. The number of imide groups is 1. The predicted octanol–water partition coefficient (Wildman–Crippen LogP) is 3.59. The Hall–Kier alpha value is -2.37. The average Bonchev–Trinajstić information content (AvgIpc) is 3.13. The SMILES string of the molecule is CC(C)N1C(=O)[C@@H]2[C@@H](c3ccccc3)N(c3ccc(Cl)cc3)O[C@H]2C1=O. The summed E-state index contributed by atoms with van der Waals surface area (Å²) in [5, 5.41) is 2.29. The molecule has 2 amide bonds. The molecule has 0 radical (unpaired) electrons. The predicted molar refractivity (Wildman–Crippen MR) is 98.5 cm³/mol. The molecule has 2 aliphatic heterocycles. The Labute approximate surface area is 157 Å². The number of amides is 2. The molecule has 26 heavy (non-hydrogen) atoms. The monoisotopic (exact) mass is 370 g/mol. The fourth-order valence-electron chi connectivity index (χ4n) is 3.75. The molecule has 0 bridgehead atoms. The number of nitrogens with zero attached hydrogens (tertiary/aromatic N) is 2. The summed E-state index contributed by atoms with van der Waals surface area (Å²) in [6.07, 6.45) is -0.800. The van der Waals surface area contributed by atoms with E-state index in [0.29, 0.717) is 5.02 Å². The number of benzene rings is 2. The smallest absolute Gasteiger partial charge is 0.262 e. The van der Waals surface area contributed by atoms with Crippen molar-refractivity contribution >= 4 is 29.1 Å². The van der Waals surface area contributed by atoms with E-state index in [9.17, 15) is 9.59 Å². The summed E-state index contributed by atoms with van der Waals surface area (Å²) >= 11 is 5.99. The zero-order valence-electron chi connectivity index (χ0n) is 14.5. The Morgan fingerprint density at radius 3 is 2.23 bits per heavy atom. The molecule has 0 unspecified atom stereocenters. The van der Waals surface area contributed by atoms with Crippen LogP contribution < -0.4 is 5.06 Å². The van der Waals surface area contributed by atoms with Crippen LogP contribution in [-0.2, 0) is 14.4 Å². The van der Waals surface area contributed by atoms with Gasteiger partial charge in [-0.05, 0) is 43.7 Å². The summed E-state index contributed by atoms with van der Waals surface area (Å²) in [5.41, 5.74) is 1.69. The number of rotatable bonds is 3. The number of carbonyl (C=O) groups excluding carboxylic acids is 2. The van der Waals surface area contributed by atoms with Crippen LogP contribution in [0.15, 0.2) is 54.6 Å². The highest BCUT2D eigenvalue weighted by molar-refractivity contribution is 6.30. The van der Waals surface area contributed by atoms with Gasteiger partial charge in [0.2, 0.25) is 5.91 Å². The zero-order valence-corrected chi connectivity index (χ0v) is 15.3. The van der Waals surface area contributed by atoms with Gasteiger partial charge in [0.1, 0.15) is 5.92 Å². The number of halogens is 1. The molecule has 2 saturated heterocycles. The number of anilines is 1. The molecule has 0 N–H and O–H groups in total. The van der Waals surface area contributed by atoms with Crippen LogP contribution in [0.5, 0.6) is 0 Å². The maximum absolute atomic E-state index is 13.0. The molecule has 2 aromatic carbocycles. The van der Waals surface area contributed by atoms with Crippen LogP contribution in [0.1, 0.15) is 25.5 Å². The maximum Gasteiger partial charge on any atom is 0.262 e. The third-order valence-electron chi connectivity index (χ3n) is 4.89. The quantitative estimate of drug-likeness (QED) is 0.775. The Bertz CT molecular complexity index is 838. The first-order chi connectivity index (χ1) is 12.5. The molecule has 0 spiro atoms. The van der Waals surface area contributed by atoms with Gasteiger partial charge in [-0.3, -0.25) is 19.3 Å². The first-order valence-electron chi connectivity index (χ1n) is 8.62. The molecule has 5 nitrogen and oxygen atoms in total. The van der Waals surface area contributed by atoms with Crippen LogP contribution in [-0.4, -0.2) is 28.9 Å². The molecule has 2 fully saturated rings. The summed E-state index contributed by atoms with van der Waals surface area (Å²) in [5.74, 6) is -1.02. The van der Waals surface area contributed by atoms with Crippen molar-refractivity contribution in [2.75, 3.05) is 5.06 Å². The lowest BCUT2D eigenvalue weighted by Crippen LogP contribution is -2.41. The first kappa shape index (κ1) is 17.1. The largest absolute Gasteiger partial charge is 0.277 e. The van der Waals surface area contributed by atoms with Crippen LogP contribution >= 0.6 is 11.6 Å². The van der Waals surface area contributed by atoms with E-state index in [1.165, 1.54) is 4.90 Å². The number of fused-ring (bicyclic) bond motifs is 1. The standard InChI is InChI=1S/C20H19ClN2O3/c1-12(2)22-19(24)16-17(13-6-4-3-5-7-13)23(26-18(16)20(22)25)15-10-8-14(21)9-11-15/h3-12,16-18H,1-2H3/t16-,17-,18-/m1/s1. The molecule has 2 aromatic rings. The fourth-order valence-corrected chi connectivity index (χ4v) is 3.87. The second-order valence-electron chi connectivity index (χ2n) is 6.85. The molecule has 6 heteroatoms. The highest BCUT2D eigenvalue weighted by atomic mass is 35.5. The van der Waals surface area contributed by atoms with Crippen LogP contribution in [0, 0.1) is 5.92 Å². The summed E-state index contributed by atoms with van der Waals surface area (Å²) in [4.78, 5) is 33.2. The van der Waals surface area contributed by atoms with Crippen LogP contribution in [0.25, 0.3) is 0 Å². The molecule has 0 saturated carbocycles. The van der Waals surface area contributed by atoms with Gasteiger partial charge >= 0.3 is 0 Å². The van der Waals surface area contributed by atoms with Crippen LogP contribution in [0.2, 0.25) is 5.02 Å². The fraction of sp³-hybridized carbons (Fsp3) is 0.300. The Kier molecular flexibility index (Phi) is 4.21. The van der Waals surface area contributed by atoms with E-state index < -0.39 is 12.0 Å². The number of likely N-dealkylation sites (tertiary alicyclic amines) is 1. The van der Waals surface area contributed by atoms with E-state index in [2.05, 4.69) is 0 Å². The molecule has 134 valence electrons. The lowest BCUT2D eigenvalue weighted by Gasteiger charge is -2.29. The molecular weight excluding hydrogens is 352 g/mol. The van der Waals surface area contributed by atoms with E-state index in [4.69, 9.17) is 16.4 Å². The molecule has 4 rings (SSSR count). The van der Waals surface area contributed by atoms with Gasteiger partial charge in [-0.2, -0.15) is 0 Å². The van der Waals surface area contributed by atoms with Crippen molar-refractivity contribution in [2.24, 2.45) is 5.92 Å². The maximum atomic E-state index is 13.0. The topological polar surface area (TPSA) is 49.9 Å². The van der Waals surface area contributed by atoms with Gasteiger partial charge in [-0.15, -0.1) is 0 Å². The summed E-state index contributed by atoms with van der Waals surface area (Å²) in [6, 6.07) is 16.3. The number of hydrogen-bond acceptors (Lipinski definition) is 4. The van der Waals surface area contributed by atoms with Gasteiger partial charge in [0.25, 0.3) is 5.91 Å². The van der Waals surface area contributed by atoms with Crippen molar-refractivity contribution in [3.8, 4) is 0 Å². The van der Waals surface area contributed by atoms with Crippen molar-refractivity contribution in [1.82, 2.24) is 4.90 Å². The zero-order chi connectivity index (χ0) is 18.4. The number of carbonyl (C=O) groups is 2. The Morgan fingerprint density at radius 1 is 0.962 bits per heavy atom. The van der Waals surface area contributed by atoms with E-state index in [-0.39, 0.29) is 23.9 Å². The van der Waals surface area contributed by atoms with Gasteiger partial charge in [0.15, 0.2) is 6.10 Å². The Balaban J connectivity index is 1.79.